The smallest absolute Gasteiger partial charge is 0.407 e. The fraction of sp³-hybridized carbons (Fsp3) is 0.364. The van der Waals surface area contributed by atoms with E-state index in [2.05, 4.69) is 17.4 Å². The minimum absolute atomic E-state index is 0.0795. The maximum Gasteiger partial charge on any atom is 0.407 e. The Kier molecular flexibility index (Phi) is 6.20. The number of carbonyl (C=O) groups is 2. The molecule has 1 aliphatic carbocycles. The third kappa shape index (κ3) is 4.93. The lowest BCUT2D eigenvalue weighted by atomic mass is 9.98. The van der Waals surface area contributed by atoms with Crippen molar-refractivity contribution >= 4 is 12.0 Å². The number of ether oxygens (including phenoxy) is 2. The summed E-state index contributed by atoms with van der Waals surface area (Å²) in [6, 6.07) is 15.0. The van der Waals surface area contributed by atoms with Crippen LogP contribution in [-0.2, 0) is 14.3 Å². The maximum absolute atomic E-state index is 12.3. The van der Waals surface area contributed by atoms with Gasteiger partial charge in [-0.2, -0.15) is 0 Å². The first-order valence-electron chi connectivity index (χ1n) is 9.49. The van der Waals surface area contributed by atoms with Crippen LogP contribution >= 0.6 is 0 Å². The summed E-state index contributed by atoms with van der Waals surface area (Å²) in [7, 11) is 0. The first-order valence-corrected chi connectivity index (χ1v) is 9.49. The lowest BCUT2D eigenvalue weighted by Crippen LogP contribution is -2.50. The van der Waals surface area contributed by atoms with Crippen molar-refractivity contribution in [2.75, 3.05) is 13.2 Å². The van der Waals surface area contributed by atoms with Gasteiger partial charge in [0.15, 0.2) is 0 Å². The van der Waals surface area contributed by atoms with Crippen LogP contribution in [0.2, 0.25) is 0 Å². The lowest BCUT2D eigenvalue weighted by Gasteiger charge is -2.24. The van der Waals surface area contributed by atoms with Crippen LogP contribution in [0.15, 0.2) is 48.5 Å². The molecular formula is C22H26N2O5. The van der Waals surface area contributed by atoms with E-state index in [0.717, 1.165) is 22.3 Å². The highest BCUT2D eigenvalue weighted by Crippen LogP contribution is 2.44. The van der Waals surface area contributed by atoms with E-state index in [0.29, 0.717) is 0 Å². The second-order valence-electron chi connectivity index (χ2n) is 7.92. The van der Waals surface area contributed by atoms with Crippen molar-refractivity contribution in [2.24, 2.45) is 0 Å². The number of rotatable bonds is 6. The van der Waals surface area contributed by atoms with Crippen LogP contribution in [0.25, 0.3) is 11.1 Å². The first-order chi connectivity index (χ1) is 13.8. The second-order valence-corrected chi connectivity index (χ2v) is 7.92. The number of hydroxylamine groups is 1. The molecule has 7 nitrogen and oxygen atoms in total. The van der Waals surface area contributed by atoms with E-state index in [1.807, 2.05) is 57.2 Å². The van der Waals surface area contributed by atoms with Crippen molar-refractivity contribution in [3.8, 4) is 11.1 Å². The predicted octanol–water partition coefficient (Wildman–Crippen LogP) is 3.21. The van der Waals surface area contributed by atoms with E-state index < -0.39 is 23.6 Å². The van der Waals surface area contributed by atoms with Crippen LogP contribution < -0.4 is 10.8 Å². The normalized spacial score (nSPS) is 13.9. The second kappa shape index (κ2) is 8.63. The van der Waals surface area contributed by atoms with E-state index in [9.17, 15) is 9.59 Å². The largest absolute Gasteiger partial charge is 0.449 e. The van der Waals surface area contributed by atoms with Crippen molar-refractivity contribution in [3.63, 3.8) is 0 Å². The Balaban J connectivity index is 1.66. The zero-order chi connectivity index (χ0) is 21.0. The number of alkyl carbamates (subject to hydrolysis) is 1. The van der Waals surface area contributed by atoms with Gasteiger partial charge in [0.2, 0.25) is 0 Å². The van der Waals surface area contributed by atoms with Gasteiger partial charge in [0, 0.05) is 5.92 Å². The Hall–Kier alpha value is -2.90. The van der Waals surface area contributed by atoms with Gasteiger partial charge in [-0.15, -0.1) is 0 Å². The van der Waals surface area contributed by atoms with Gasteiger partial charge < -0.3 is 14.8 Å². The van der Waals surface area contributed by atoms with Gasteiger partial charge in [0.05, 0.1) is 12.2 Å². The fourth-order valence-corrected chi connectivity index (χ4v) is 3.38. The van der Waals surface area contributed by atoms with Gasteiger partial charge in [-0.1, -0.05) is 48.5 Å². The molecule has 7 heteroatoms. The summed E-state index contributed by atoms with van der Waals surface area (Å²) in [5.74, 6) is -0.855. The van der Waals surface area contributed by atoms with Gasteiger partial charge in [-0.3, -0.25) is 10.0 Å². The third-order valence-corrected chi connectivity index (χ3v) is 4.75. The number of hydrogen-bond donors (Lipinski definition) is 3. The highest BCUT2D eigenvalue weighted by molar-refractivity contribution is 5.85. The minimum atomic E-state index is -1.07. The van der Waals surface area contributed by atoms with Gasteiger partial charge in [0.25, 0.3) is 5.91 Å². The van der Waals surface area contributed by atoms with Crippen molar-refractivity contribution in [1.29, 1.82) is 0 Å². The molecule has 0 saturated carbocycles. The Morgan fingerprint density at radius 1 is 1.03 bits per heavy atom. The van der Waals surface area contributed by atoms with Gasteiger partial charge in [-0.05, 0) is 43.0 Å². The Morgan fingerprint density at radius 3 is 2.10 bits per heavy atom. The Labute approximate surface area is 170 Å². The molecule has 0 saturated heterocycles. The standard InChI is InChI=1S/C22H26N2O5/c1-22(2,3)29-13-19(20(25)24-27)23-21(26)28-12-18-16-10-6-4-8-14(16)15-9-5-7-11-17(15)18/h4-11,18-19,27H,12-13H2,1-3H3,(H,23,26)(H,24,25)/t19-/m0/s1. The molecule has 0 radical (unpaired) electrons. The lowest BCUT2D eigenvalue weighted by molar-refractivity contribution is -0.134. The first kappa shape index (κ1) is 20.8. The number of fused-ring (bicyclic) bond motifs is 3. The molecule has 0 spiro atoms. The van der Waals surface area contributed by atoms with Gasteiger partial charge in [0.1, 0.15) is 12.6 Å². The van der Waals surface area contributed by atoms with Crippen LogP contribution in [-0.4, -0.2) is 42.1 Å². The molecule has 154 valence electrons. The number of hydrogen-bond acceptors (Lipinski definition) is 5. The van der Waals surface area contributed by atoms with Crippen molar-refractivity contribution in [1.82, 2.24) is 10.8 Å². The number of amides is 2. The van der Waals surface area contributed by atoms with Gasteiger partial charge in [-0.25, -0.2) is 10.3 Å². The summed E-state index contributed by atoms with van der Waals surface area (Å²) in [6.07, 6.45) is -0.752. The molecular weight excluding hydrogens is 372 g/mol. The van der Waals surface area contributed by atoms with E-state index in [4.69, 9.17) is 14.7 Å². The molecule has 0 aliphatic heterocycles. The molecule has 0 bridgehead atoms. The van der Waals surface area contributed by atoms with Crippen LogP contribution in [0.3, 0.4) is 0 Å². The van der Waals surface area contributed by atoms with Gasteiger partial charge >= 0.3 is 6.09 Å². The summed E-state index contributed by atoms with van der Waals surface area (Å²) in [5, 5.41) is 11.4. The minimum Gasteiger partial charge on any atom is -0.449 e. The molecule has 2 amide bonds. The van der Waals surface area contributed by atoms with Crippen LogP contribution in [0.1, 0.15) is 37.8 Å². The monoisotopic (exact) mass is 398 g/mol. The highest BCUT2D eigenvalue weighted by Gasteiger charge is 2.30. The Morgan fingerprint density at radius 2 is 1.59 bits per heavy atom. The molecule has 3 N–H and O–H groups in total. The van der Waals surface area contributed by atoms with Crippen LogP contribution in [0.4, 0.5) is 4.79 Å². The molecule has 2 aromatic rings. The SMILES string of the molecule is CC(C)(C)OC[C@H](NC(=O)OCC1c2ccccc2-c2ccccc21)C(=O)NO. The summed E-state index contributed by atoms with van der Waals surface area (Å²) in [4.78, 5) is 24.2. The fourth-order valence-electron chi connectivity index (χ4n) is 3.38. The molecule has 29 heavy (non-hydrogen) atoms. The highest BCUT2D eigenvalue weighted by atomic mass is 16.6. The Bertz CT molecular complexity index is 845. The molecule has 3 rings (SSSR count). The quantitative estimate of drug-likeness (QED) is 0.513. The zero-order valence-electron chi connectivity index (χ0n) is 16.8. The summed E-state index contributed by atoms with van der Waals surface area (Å²) in [5.41, 5.74) is 5.50. The molecule has 1 aliphatic rings. The molecule has 0 heterocycles. The van der Waals surface area contributed by atoms with Crippen LogP contribution in [0, 0.1) is 0 Å². The zero-order valence-corrected chi connectivity index (χ0v) is 16.8. The maximum atomic E-state index is 12.3. The molecule has 2 aromatic carbocycles. The van der Waals surface area contributed by atoms with Crippen LogP contribution in [0.5, 0.6) is 0 Å². The predicted molar refractivity (Wildman–Crippen MR) is 108 cm³/mol. The molecule has 0 aromatic heterocycles. The molecule has 0 unspecified atom stereocenters. The molecule has 0 fully saturated rings. The van der Waals surface area contributed by atoms with E-state index in [1.165, 1.54) is 0 Å². The summed E-state index contributed by atoms with van der Waals surface area (Å²) in [6.45, 7) is 5.52. The molecule has 1 atom stereocenters. The average molecular weight is 398 g/mol. The van der Waals surface area contributed by atoms with E-state index in [-0.39, 0.29) is 19.1 Å². The number of benzene rings is 2. The third-order valence-electron chi connectivity index (χ3n) is 4.75. The number of carbonyl (C=O) groups excluding carboxylic acids is 2. The topological polar surface area (TPSA) is 96.9 Å². The van der Waals surface area contributed by atoms with E-state index >= 15 is 0 Å². The number of nitrogens with one attached hydrogen (secondary N) is 2. The van der Waals surface area contributed by atoms with Crippen molar-refractivity contribution in [2.45, 2.75) is 38.3 Å². The van der Waals surface area contributed by atoms with Crippen molar-refractivity contribution in [3.05, 3.63) is 59.7 Å². The summed E-state index contributed by atoms with van der Waals surface area (Å²) >= 11 is 0. The average Bonchev–Trinajstić information content (AvgIpc) is 3.02. The summed E-state index contributed by atoms with van der Waals surface area (Å²) < 4.78 is 11.0. The van der Waals surface area contributed by atoms with Crippen molar-refractivity contribution < 1.29 is 24.3 Å². The van der Waals surface area contributed by atoms with E-state index in [1.54, 1.807) is 5.48 Å².